The van der Waals surface area contributed by atoms with E-state index in [2.05, 4.69) is 5.32 Å². The van der Waals surface area contributed by atoms with Crippen molar-refractivity contribution in [3.8, 4) is 0 Å². The lowest BCUT2D eigenvalue weighted by Gasteiger charge is -2.29. The Morgan fingerprint density at radius 3 is 3.00 bits per heavy atom. The molecule has 1 aliphatic rings. The second kappa shape index (κ2) is 7.81. The van der Waals surface area contributed by atoms with Crippen LogP contribution in [0.1, 0.15) is 17.7 Å². The number of methoxy groups -OCH3 is 1. The molecule has 0 saturated heterocycles. The predicted octanol–water partition coefficient (Wildman–Crippen LogP) is 2.86. The lowest BCUT2D eigenvalue weighted by Crippen LogP contribution is -2.37. The fourth-order valence-corrected chi connectivity index (χ4v) is 2.84. The number of amides is 2. The van der Waals surface area contributed by atoms with Gasteiger partial charge in [-0.3, -0.25) is 9.59 Å². The molecular formula is C19H20N2O4. The van der Waals surface area contributed by atoms with E-state index in [-0.39, 0.29) is 18.4 Å². The quantitative estimate of drug-likeness (QED) is 0.850. The molecule has 6 nitrogen and oxygen atoms in total. The largest absolute Gasteiger partial charge is 0.465 e. The summed E-state index contributed by atoms with van der Waals surface area (Å²) in [7, 11) is 1.50. The van der Waals surface area contributed by atoms with Gasteiger partial charge in [0.25, 0.3) is 5.91 Å². The van der Waals surface area contributed by atoms with E-state index < -0.39 is 0 Å². The number of rotatable bonds is 5. The number of carbonyl (C=O) groups excluding carboxylic acids is 2. The number of hydrogen-bond donors (Lipinski definition) is 1. The molecule has 1 N–H and O–H groups in total. The van der Waals surface area contributed by atoms with Crippen LogP contribution in [0.4, 0.5) is 11.4 Å². The Bertz CT molecular complexity index is 781. The molecular weight excluding hydrogens is 320 g/mol. The second-order valence-corrected chi connectivity index (χ2v) is 5.76. The Hall–Kier alpha value is -2.86. The van der Waals surface area contributed by atoms with Crippen LogP contribution in [0.5, 0.6) is 0 Å². The Labute approximate surface area is 146 Å². The van der Waals surface area contributed by atoms with Crippen molar-refractivity contribution < 1.29 is 18.7 Å². The zero-order valence-electron chi connectivity index (χ0n) is 14.0. The molecule has 6 heteroatoms. The number of hydrogen-bond acceptors (Lipinski definition) is 4. The van der Waals surface area contributed by atoms with Gasteiger partial charge in [0.2, 0.25) is 5.91 Å². The van der Waals surface area contributed by atoms with Gasteiger partial charge in [-0.25, -0.2) is 0 Å². The maximum absolute atomic E-state index is 12.2. The molecule has 0 fully saturated rings. The number of nitrogens with zero attached hydrogens (tertiary/aromatic N) is 1. The first-order chi connectivity index (χ1) is 12.2. The fraction of sp³-hybridized carbons (Fsp3) is 0.263. The molecule has 0 saturated carbocycles. The average molecular weight is 340 g/mol. The molecule has 1 aliphatic heterocycles. The summed E-state index contributed by atoms with van der Waals surface area (Å²) in [6, 6.07) is 9.16. The van der Waals surface area contributed by atoms with Gasteiger partial charge in [-0.2, -0.15) is 0 Å². The highest BCUT2D eigenvalue weighted by Gasteiger charge is 2.22. The Kier molecular flexibility index (Phi) is 5.30. The van der Waals surface area contributed by atoms with Crippen molar-refractivity contribution in [3.63, 3.8) is 0 Å². The van der Waals surface area contributed by atoms with E-state index >= 15 is 0 Å². The van der Waals surface area contributed by atoms with Gasteiger partial charge in [0, 0.05) is 31.1 Å². The highest BCUT2D eigenvalue weighted by Crippen LogP contribution is 2.30. The van der Waals surface area contributed by atoms with Crippen LogP contribution in [0.15, 0.2) is 47.1 Å². The van der Waals surface area contributed by atoms with Crippen LogP contribution in [0.25, 0.3) is 6.08 Å². The van der Waals surface area contributed by atoms with Gasteiger partial charge in [0.1, 0.15) is 12.4 Å². The zero-order valence-corrected chi connectivity index (χ0v) is 14.0. The Morgan fingerprint density at radius 1 is 1.36 bits per heavy atom. The first-order valence-corrected chi connectivity index (χ1v) is 8.12. The van der Waals surface area contributed by atoms with Gasteiger partial charge in [-0.15, -0.1) is 0 Å². The van der Waals surface area contributed by atoms with Crippen molar-refractivity contribution in [2.45, 2.75) is 12.8 Å². The van der Waals surface area contributed by atoms with E-state index in [1.54, 1.807) is 29.4 Å². The van der Waals surface area contributed by atoms with Crippen LogP contribution >= 0.6 is 0 Å². The molecule has 1 aromatic heterocycles. The zero-order chi connectivity index (χ0) is 17.6. The van der Waals surface area contributed by atoms with E-state index in [1.807, 2.05) is 18.2 Å². The molecule has 0 unspecified atom stereocenters. The Balaban J connectivity index is 1.74. The van der Waals surface area contributed by atoms with Crippen molar-refractivity contribution in [2.75, 3.05) is 30.5 Å². The smallest absolute Gasteiger partial charge is 0.252 e. The SMILES string of the molecule is COCC(=O)N1CCCc2ccc(NC(=O)/C=C/c3ccco3)cc21. The highest BCUT2D eigenvalue weighted by molar-refractivity contribution is 6.02. The number of benzene rings is 1. The van der Waals surface area contributed by atoms with Crippen molar-refractivity contribution in [3.05, 3.63) is 54.0 Å². The van der Waals surface area contributed by atoms with E-state index in [4.69, 9.17) is 9.15 Å². The van der Waals surface area contributed by atoms with Crippen LogP contribution in [0, 0.1) is 0 Å². The summed E-state index contributed by atoms with van der Waals surface area (Å²) in [6.07, 6.45) is 6.39. The molecule has 3 rings (SSSR count). The number of carbonyl (C=O) groups is 2. The van der Waals surface area contributed by atoms with Gasteiger partial charge < -0.3 is 19.4 Å². The van der Waals surface area contributed by atoms with Crippen LogP contribution in [-0.2, 0) is 20.7 Å². The minimum absolute atomic E-state index is 0.0436. The fourth-order valence-electron chi connectivity index (χ4n) is 2.84. The van der Waals surface area contributed by atoms with E-state index in [0.29, 0.717) is 18.0 Å². The monoisotopic (exact) mass is 340 g/mol. The summed E-state index contributed by atoms with van der Waals surface area (Å²) >= 11 is 0. The molecule has 0 spiro atoms. The molecule has 0 bridgehead atoms. The van der Waals surface area contributed by atoms with E-state index in [9.17, 15) is 9.59 Å². The van der Waals surface area contributed by atoms with Crippen LogP contribution < -0.4 is 10.2 Å². The molecule has 25 heavy (non-hydrogen) atoms. The molecule has 2 amide bonds. The molecule has 0 atom stereocenters. The number of anilines is 2. The van der Waals surface area contributed by atoms with Gasteiger partial charge in [0.15, 0.2) is 0 Å². The normalized spacial score (nSPS) is 13.7. The van der Waals surface area contributed by atoms with E-state index in [0.717, 1.165) is 24.1 Å². The number of ether oxygens (including phenoxy) is 1. The summed E-state index contributed by atoms with van der Waals surface area (Å²) in [4.78, 5) is 26.0. The Morgan fingerprint density at radius 2 is 2.24 bits per heavy atom. The van der Waals surface area contributed by atoms with Crippen molar-refractivity contribution >= 4 is 29.3 Å². The van der Waals surface area contributed by atoms with Crippen LogP contribution in [0.3, 0.4) is 0 Å². The number of nitrogens with one attached hydrogen (secondary N) is 1. The maximum Gasteiger partial charge on any atom is 0.252 e. The molecule has 0 radical (unpaired) electrons. The standard InChI is InChI=1S/C19H20N2O4/c1-24-13-19(23)21-10-2-4-14-6-7-15(12-17(14)21)20-18(22)9-8-16-5-3-11-25-16/h3,5-9,11-12H,2,4,10,13H2,1H3,(H,20,22)/b9-8+. The van der Waals surface area contributed by atoms with Crippen LogP contribution in [0.2, 0.25) is 0 Å². The first-order valence-electron chi connectivity index (χ1n) is 8.12. The third-order valence-electron chi connectivity index (χ3n) is 3.98. The number of furan rings is 1. The highest BCUT2D eigenvalue weighted by atomic mass is 16.5. The summed E-state index contributed by atoms with van der Waals surface area (Å²) < 4.78 is 10.1. The summed E-state index contributed by atoms with van der Waals surface area (Å²) in [5.74, 6) is 0.267. The lowest BCUT2D eigenvalue weighted by molar-refractivity contribution is -0.122. The van der Waals surface area contributed by atoms with Gasteiger partial charge in [-0.05, 0) is 48.7 Å². The molecule has 2 aromatic rings. The summed E-state index contributed by atoms with van der Waals surface area (Å²) in [6.45, 7) is 0.701. The van der Waals surface area contributed by atoms with E-state index in [1.165, 1.54) is 13.2 Å². The molecule has 130 valence electrons. The second-order valence-electron chi connectivity index (χ2n) is 5.76. The van der Waals surface area contributed by atoms with Gasteiger partial charge in [0.05, 0.1) is 6.26 Å². The molecule has 2 heterocycles. The van der Waals surface area contributed by atoms with Gasteiger partial charge >= 0.3 is 0 Å². The third-order valence-corrected chi connectivity index (χ3v) is 3.98. The lowest BCUT2D eigenvalue weighted by atomic mass is 10.0. The number of fused-ring (bicyclic) bond motifs is 1. The first kappa shape index (κ1) is 17.0. The topological polar surface area (TPSA) is 71.8 Å². The summed E-state index contributed by atoms with van der Waals surface area (Å²) in [5.41, 5.74) is 2.57. The molecule has 1 aromatic carbocycles. The third kappa shape index (κ3) is 4.16. The van der Waals surface area contributed by atoms with Crippen molar-refractivity contribution in [1.29, 1.82) is 0 Å². The molecule has 0 aliphatic carbocycles. The minimum atomic E-state index is -0.262. The maximum atomic E-state index is 12.2. The average Bonchev–Trinajstić information content (AvgIpc) is 3.13. The minimum Gasteiger partial charge on any atom is -0.465 e. The predicted molar refractivity (Wildman–Crippen MR) is 95.4 cm³/mol. The summed E-state index contributed by atoms with van der Waals surface area (Å²) in [5, 5.41) is 2.81. The van der Waals surface area contributed by atoms with Crippen LogP contribution in [-0.4, -0.2) is 32.1 Å². The number of aryl methyl sites for hydroxylation is 1. The van der Waals surface area contributed by atoms with Gasteiger partial charge in [-0.1, -0.05) is 6.07 Å². The van der Waals surface area contributed by atoms with Crippen molar-refractivity contribution in [2.24, 2.45) is 0 Å². The van der Waals surface area contributed by atoms with Crippen molar-refractivity contribution in [1.82, 2.24) is 0 Å².